The van der Waals surface area contributed by atoms with E-state index in [0.717, 1.165) is 19.5 Å². The maximum Gasteiger partial charge on any atom is 0.246 e. The van der Waals surface area contributed by atoms with Crippen molar-refractivity contribution in [3.63, 3.8) is 0 Å². The van der Waals surface area contributed by atoms with Crippen molar-refractivity contribution in [1.29, 1.82) is 0 Å². The number of aryl methyl sites for hydroxylation is 1. The van der Waals surface area contributed by atoms with Gasteiger partial charge in [0.15, 0.2) is 0 Å². The average Bonchev–Trinajstić information content (AvgIpc) is 3.05. The monoisotopic (exact) mass is 298 g/mol. The SMILES string of the molecule is CCCCCn1ccc2ccccc21.O=C1C2CCCCN12. The lowest BCUT2D eigenvalue weighted by atomic mass is 10.1. The van der Waals surface area contributed by atoms with Gasteiger partial charge in [-0.3, -0.25) is 4.79 Å². The normalized spacial score (nSPS) is 19.6. The summed E-state index contributed by atoms with van der Waals surface area (Å²) >= 11 is 0. The summed E-state index contributed by atoms with van der Waals surface area (Å²) in [5.74, 6) is 0.391. The van der Waals surface area contributed by atoms with Gasteiger partial charge >= 0.3 is 0 Å². The third kappa shape index (κ3) is 3.34. The molecule has 0 spiro atoms. The van der Waals surface area contributed by atoms with E-state index in [1.165, 1.54) is 43.0 Å². The molecule has 2 aromatic rings. The molecule has 0 aliphatic carbocycles. The number of rotatable bonds is 4. The summed E-state index contributed by atoms with van der Waals surface area (Å²) in [5.41, 5.74) is 1.36. The average molecular weight is 298 g/mol. The lowest BCUT2D eigenvalue weighted by Crippen LogP contribution is -2.09. The van der Waals surface area contributed by atoms with E-state index in [1.807, 2.05) is 4.90 Å². The van der Waals surface area contributed by atoms with Crippen molar-refractivity contribution < 1.29 is 4.79 Å². The van der Waals surface area contributed by atoms with Crippen LogP contribution < -0.4 is 0 Å². The molecule has 2 aliphatic heterocycles. The molecule has 0 bridgehead atoms. The van der Waals surface area contributed by atoms with Crippen molar-refractivity contribution in [3.05, 3.63) is 36.5 Å². The Morgan fingerprint density at radius 3 is 2.73 bits per heavy atom. The number of para-hydroxylation sites is 1. The smallest absolute Gasteiger partial charge is 0.246 e. The minimum Gasteiger partial charge on any atom is -0.347 e. The molecule has 2 saturated heterocycles. The number of carbonyl (C=O) groups excluding carboxylic acids is 1. The number of piperidine rings is 1. The van der Waals surface area contributed by atoms with Gasteiger partial charge in [0.25, 0.3) is 0 Å². The van der Waals surface area contributed by atoms with Crippen molar-refractivity contribution in [3.8, 4) is 0 Å². The van der Waals surface area contributed by atoms with Crippen LogP contribution in [0.1, 0.15) is 45.4 Å². The molecule has 2 fully saturated rings. The number of aromatic nitrogens is 1. The summed E-state index contributed by atoms with van der Waals surface area (Å²) in [6.45, 7) is 4.43. The van der Waals surface area contributed by atoms with Gasteiger partial charge in [-0.25, -0.2) is 0 Å². The number of hydrogen-bond donors (Lipinski definition) is 0. The van der Waals surface area contributed by atoms with Gasteiger partial charge in [0.05, 0.1) is 0 Å². The second kappa shape index (κ2) is 6.99. The van der Waals surface area contributed by atoms with Gasteiger partial charge in [-0.2, -0.15) is 0 Å². The molecule has 0 N–H and O–H groups in total. The van der Waals surface area contributed by atoms with Crippen LogP contribution in [0, 0.1) is 0 Å². The second-order valence-electron chi connectivity index (χ2n) is 6.32. The summed E-state index contributed by atoms with van der Waals surface area (Å²) in [7, 11) is 0. The standard InChI is InChI=1S/C13H17N.C6H9NO/c1-2-3-6-10-14-11-9-12-7-4-5-8-13(12)14;8-6-5-3-1-2-4-7(5)6/h4-5,7-9,11H,2-3,6,10H2,1H3;5H,1-4H2. The molecular formula is C19H26N2O. The van der Waals surface area contributed by atoms with Gasteiger partial charge in [-0.1, -0.05) is 38.0 Å². The maximum absolute atomic E-state index is 10.6. The van der Waals surface area contributed by atoms with Crippen LogP contribution in [0.25, 0.3) is 10.9 Å². The molecule has 1 unspecified atom stereocenters. The molecule has 0 saturated carbocycles. The van der Waals surface area contributed by atoms with E-state index in [-0.39, 0.29) is 0 Å². The van der Waals surface area contributed by atoms with Crippen molar-refractivity contribution in [2.75, 3.05) is 6.54 Å². The molecule has 1 aromatic heterocycles. The van der Waals surface area contributed by atoms with E-state index < -0.39 is 0 Å². The highest BCUT2D eigenvalue weighted by Crippen LogP contribution is 2.29. The van der Waals surface area contributed by atoms with Crippen LogP contribution in [-0.4, -0.2) is 28.0 Å². The molecule has 22 heavy (non-hydrogen) atoms. The number of hydrogen-bond acceptors (Lipinski definition) is 1. The molecule has 118 valence electrons. The minimum absolute atomic E-state index is 0.365. The summed E-state index contributed by atoms with van der Waals surface area (Å²) < 4.78 is 2.35. The van der Waals surface area contributed by atoms with Crippen molar-refractivity contribution in [1.82, 2.24) is 9.47 Å². The fraction of sp³-hybridized carbons (Fsp3) is 0.526. The van der Waals surface area contributed by atoms with Gasteiger partial charge < -0.3 is 9.47 Å². The molecule has 3 nitrogen and oxygen atoms in total. The molecule has 1 amide bonds. The highest BCUT2D eigenvalue weighted by Gasteiger charge is 2.46. The molecular weight excluding hydrogens is 272 g/mol. The highest BCUT2D eigenvalue weighted by atomic mass is 16.2. The number of carbonyl (C=O) groups is 1. The summed E-state index contributed by atoms with van der Waals surface area (Å²) in [6, 6.07) is 11.1. The van der Waals surface area contributed by atoms with E-state index in [1.54, 1.807) is 0 Å². The zero-order valence-corrected chi connectivity index (χ0v) is 13.5. The summed E-state index contributed by atoms with van der Waals surface area (Å²) in [6.07, 6.45) is 9.70. The van der Waals surface area contributed by atoms with E-state index in [4.69, 9.17) is 0 Å². The third-order valence-electron chi connectivity index (χ3n) is 4.69. The molecule has 4 rings (SSSR count). The van der Waals surface area contributed by atoms with E-state index in [2.05, 4.69) is 48.0 Å². The summed E-state index contributed by atoms with van der Waals surface area (Å²) in [4.78, 5) is 12.6. The number of benzene rings is 1. The first kappa shape index (κ1) is 15.1. The largest absolute Gasteiger partial charge is 0.347 e. The van der Waals surface area contributed by atoms with Crippen molar-refractivity contribution >= 4 is 16.8 Å². The number of unbranched alkanes of at least 4 members (excludes halogenated alkanes) is 2. The van der Waals surface area contributed by atoms with E-state index >= 15 is 0 Å². The van der Waals surface area contributed by atoms with Crippen LogP contribution in [0.2, 0.25) is 0 Å². The Morgan fingerprint density at radius 1 is 1.14 bits per heavy atom. The van der Waals surface area contributed by atoms with Crippen LogP contribution in [-0.2, 0) is 11.3 Å². The number of fused-ring (bicyclic) bond motifs is 2. The van der Waals surface area contributed by atoms with Gasteiger partial charge in [0.1, 0.15) is 6.04 Å². The van der Waals surface area contributed by atoms with Crippen LogP contribution in [0.15, 0.2) is 36.5 Å². The lowest BCUT2D eigenvalue weighted by Gasteiger charge is -2.06. The molecule has 3 heterocycles. The zero-order chi connectivity index (χ0) is 15.4. The number of nitrogens with zero attached hydrogens (tertiary/aromatic N) is 2. The lowest BCUT2D eigenvalue weighted by molar-refractivity contribution is -0.113. The Bertz CT molecular complexity index is 617. The Kier molecular flexibility index (Phi) is 4.81. The Hall–Kier alpha value is -1.77. The highest BCUT2D eigenvalue weighted by molar-refractivity contribution is 5.96. The minimum atomic E-state index is 0.365. The first-order valence-corrected chi connectivity index (χ1v) is 8.65. The Labute approximate surface area is 132 Å². The quantitative estimate of drug-likeness (QED) is 0.613. The fourth-order valence-electron chi connectivity index (χ4n) is 3.29. The third-order valence-corrected chi connectivity index (χ3v) is 4.69. The fourth-order valence-corrected chi connectivity index (χ4v) is 3.29. The maximum atomic E-state index is 10.6. The van der Waals surface area contributed by atoms with Crippen molar-refractivity contribution in [2.45, 2.75) is 58.0 Å². The molecule has 1 atom stereocenters. The molecule has 0 radical (unpaired) electrons. The zero-order valence-electron chi connectivity index (χ0n) is 13.5. The van der Waals surface area contributed by atoms with Crippen molar-refractivity contribution in [2.24, 2.45) is 0 Å². The molecule has 1 aromatic carbocycles. The van der Waals surface area contributed by atoms with Gasteiger partial charge in [0.2, 0.25) is 5.91 Å². The first-order valence-electron chi connectivity index (χ1n) is 8.65. The van der Waals surface area contributed by atoms with Gasteiger partial charge in [-0.15, -0.1) is 0 Å². The summed E-state index contributed by atoms with van der Waals surface area (Å²) in [5, 5.41) is 1.35. The Balaban J connectivity index is 0.000000151. The second-order valence-corrected chi connectivity index (χ2v) is 6.32. The Morgan fingerprint density at radius 2 is 2.00 bits per heavy atom. The van der Waals surface area contributed by atoms with Crippen LogP contribution in [0.4, 0.5) is 0 Å². The predicted octanol–water partition coefficient (Wildman–Crippen LogP) is 4.21. The molecule has 2 aliphatic rings. The van der Waals surface area contributed by atoms with Crippen LogP contribution >= 0.6 is 0 Å². The van der Waals surface area contributed by atoms with Crippen LogP contribution in [0.3, 0.4) is 0 Å². The topological polar surface area (TPSA) is 25.0 Å². The van der Waals surface area contributed by atoms with Gasteiger partial charge in [0, 0.05) is 24.8 Å². The molecule has 3 heteroatoms. The predicted molar refractivity (Wildman–Crippen MR) is 90.8 cm³/mol. The first-order chi connectivity index (χ1) is 10.8. The van der Waals surface area contributed by atoms with E-state index in [9.17, 15) is 4.79 Å². The van der Waals surface area contributed by atoms with E-state index in [0.29, 0.717) is 11.9 Å². The number of amides is 1. The van der Waals surface area contributed by atoms with Gasteiger partial charge in [-0.05, 0) is 43.2 Å². The van der Waals surface area contributed by atoms with Crippen LogP contribution in [0.5, 0.6) is 0 Å².